The summed E-state index contributed by atoms with van der Waals surface area (Å²) in [5.41, 5.74) is 4.88. The lowest BCUT2D eigenvalue weighted by atomic mass is 9.88. The number of hydrogen-bond donors (Lipinski definition) is 1. The zero-order chi connectivity index (χ0) is 24.5. The van der Waals surface area contributed by atoms with Crippen molar-refractivity contribution in [2.24, 2.45) is 5.41 Å². The van der Waals surface area contributed by atoms with Crippen molar-refractivity contribution in [1.29, 1.82) is 5.26 Å². The highest BCUT2D eigenvalue weighted by atomic mass is 32.1. The highest BCUT2D eigenvalue weighted by Crippen LogP contribution is 2.40. The van der Waals surface area contributed by atoms with Crippen molar-refractivity contribution in [3.63, 3.8) is 0 Å². The number of carbonyl (C=O) groups excluding carboxylic acids is 1. The van der Waals surface area contributed by atoms with Crippen LogP contribution in [-0.4, -0.2) is 46.7 Å². The molecule has 1 atom stereocenters. The molecule has 3 aromatic rings. The van der Waals surface area contributed by atoms with Gasteiger partial charge in [0.05, 0.1) is 34.9 Å². The molecule has 1 fully saturated rings. The van der Waals surface area contributed by atoms with Gasteiger partial charge in [-0.1, -0.05) is 44.2 Å². The number of amides is 2. The molecule has 1 saturated heterocycles. The molecular weight excluding hydrogens is 446 g/mol. The zero-order valence-corrected chi connectivity index (χ0v) is 21.0. The standard InChI is InChI=1S/C26H29N5O2S/c1-16-11-20(12-17(2)28-16)23-22(19-8-6-7-18(13-19)14-27)29-24(34-23)30-25(32)31-9-10-33-21(15-31)26(3,4)5/h6-8,11-13,21H,9-10,15H2,1-5H3,(H,29,30,32). The summed E-state index contributed by atoms with van der Waals surface area (Å²) in [5, 5.41) is 12.9. The minimum Gasteiger partial charge on any atom is -0.374 e. The van der Waals surface area contributed by atoms with Crippen molar-refractivity contribution in [1.82, 2.24) is 14.9 Å². The number of aryl methyl sites for hydroxylation is 2. The van der Waals surface area contributed by atoms with E-state index >= 15 is 0 Å². The Hall–Kier alpha value is -3.28. The number of urea groups is 1. The van der Waals surface area contributed by atoms with Gasteiger partial charge in [0.25, 0.3) is 0 Å². The average Bonchev–Trinajstić information content (AvgIpc) is 3.22. The largest absolute Gasteiger partial charge is 0.374 e. The summed E-state index contributed by atoms with van der Waals surface area (Å²) in [6.07, 6.45) is -0.0223. The number of nitrogens with zero attached hydrogens (tertiary/aromatic N) is 4. The third kappa shape index (κ3) is 5.27. The fourth-order valence-corrected chi connectivity index (χ4v) is 4.96. The lowest BCUT2D eigenvalue weighted by Crippen LogP contribution is -2.51. The Morgan fingerprint density at radius 2 is 1.91 bits per heavy atom. The molecule has 7 nitrogen and oxygen atoms in total. The van der Waals surface area contributed by atoms with Gasteiger partial charge in [0.1, 0.15) is 0 Å². The number of nitrogens with one attached hydrogen (secondary N) is 1. The number of carbonyl (C=O) groups is 1. The van der Waals surface area contributed by atoms with Crippen LogP contribution in [0.2, 0.25) is 0 Å². The van der Waals surface area contributed by atoms with E-state index in [1.165, 1.54) is 11.3 Å². The summed E-state index contributed by atoms with van der Waals surface area (Å²) in [5.74, 6) is 0. The second-order valence-electron chi connectivity index (χ2n) is 9.63. The third-order valence-electron chi connectivity index (χ3n) is 5.77. The molecule has 2 amide bonds. The first-order chi connectivity index (χ1) is 16.1. The van der Waals surface area contributed by atoms with E-state index in [-0.39, 0.29) is 17.6 Å². The molecule has 34 heavy (non-hydrogen) atoms. The summed E-state index contributed by atoms with van der Waals surface area (Å²) in [4.78, 5) is 25.1. The van der Waals surface area contributed by atoms with Crippen LogP contribution in [0.25, 0.3) is 21.7 Å². The summed E-state index contributed by atoms with van der Waals surface area (Å²) in [6, 6.07) is 13.4. The Kier molecular flexibility index (Phi) is 6.69. The first-order valence-corrected chi connectivity index (χ1v) is 12.1. The van der Waals surface area contributed by atoms with E-state index in [4.69, 9.17) is 9.72 Å². The summed E-state index contributed by atoms with van der Waals surface area (Å²) in [7, 11) is 0. The van der Waals surface area contributed by atoms with Crippen molar-refractivity contribution < 1.29 is 9.53 Å². The molecule has 1 N–H and O–H groups in total. The minimum absolute atomic E-state index is 0.0223. The van der Waals surface area contributed by atoms with Gasteiger partial charge in [-0.2, -0.15) is 5.26 Å². The van der Waals surface area contributed by atoms with E-state index in [9.17, 15) is 10.1 Å². The van der Waals surface area contributed by atoms with E-state index in [1.807, 2.05) is 44.2 Å². The van der Waals surface area contributed by atoms with Gasteiger partial charge < -0.3 is 9.64 Å². The van der Waals surface area contributed by atoms with Gasteiger partial charge in [0, 0.05) is 30.0 Å². The molecule has 176 valence electrons. The summed E-state index contributed by atoms with van der Waals surface area (Å²) < 4.78 is 5.89. The SMILES string of the molecule is Cc1cc(-c2sc(NC(=O)N3CCOC(C(C)(C)C)C3)nc2-c2cccc(C#N)c2)cc(C)n1. The number of rotatable bonds is 3. The van der Waals surface area contributed by atoms with Gasteiger partial charge in [-0.15, -0.1) is 0 Å². The maximum absolute atomic E-state index is 13.1. The molecule has 1 aliphatic heterocycles. The zero-order valence-electron chi connectivity index (χ0n) is 20.2. The first kappa shape index (κ1) is 23.9. The van der Waals surface area contributed by atoms with E-state index in [1.54, 1.807) is 11.0 Å². The van der Waals surface area contributed by atoms with Crippen LogP contribution in [0, 0.1) is 30.6 Å². The molecule has 2 aromatic heterocycles. The van der Waals surface area contributed by atoms with Crippen molar-refractivity contribution >= 4 is 22.5 Å². The molecule has 0 radical (unpaired) electrons. The predicted molar refractivity (Wildman–Crippen MR) is 135 cm³/mol. The molecule has 0 aliphatic carbocycles. The maximum atomic E-state index is 13.1. The van der Waals surface area contributed by atoms with Crippen LogP contribution in [0.5, 0.6) is 0 Å². The van der Waals surface area contributed by atoms with E-state index in [0.29, 0.717) is 30.4 Å². The quantitative estimate of drug-likeness (QED) is 0.529. The highest BCUT2D eigenvalue weighted by Gasteiger charge is 2.33. The molecule has 1 unspecified atom stereocenters. The van der Waals surface area contributed by atoms with Gasteiger partial charge in [0.15, 0.2) is 5.13 Å². The number of anilines is 1. The van der Waals surface area contributed by atoms with Gasteiger partial charge in [0.2, 0.25) is 0 Å². The lowest BCUT2D eigenvalue weighted by molar-refractivity contribution is -0.0664. The molecular formula is C26H29N5O2S. The van der Waals surface area contributed by atoms with E-state index in [0.717, 1.165) is 33.1 Å². The van der Waals surface area contributed by atoms with Crippen molar-refractivity contribution in [3.8, 4) is 27.8 Å². The van der Waals surface area contributed by atoms with Crippen LogP contribution in [0.1, 0.15) is 37.7 Å². The normalized spacial score (nSPS) is 16.2. The van der Waals surface area contributed by atoms with Crippen molar-refractivity contribution in [2.45, 2.75) is 40.7 Å². The van der Waals surface area contributed by atoms with Gasteiger partial charge in [-0.05, 0) is 49.1 Å². The fourth-order valence-electron chi connectivity index (χ4n) is 3.99. The first-order valence-electron chi connectivity index (χ1n) is 11.3. The number of morpholine rings is 1. The fraction of sp³-hybridized carbons (Fsp3) is 0.385. The van der Waals surface area contributed by atoms with Gasteiger partial charge in [-0.25, -0.2) is 9.78 Å². The van der Waals surface area contributed by atoms with Crippen LogP contribution in [0.3, 0.4) is 0 Å². The van der Waals surface area contributed by atoms with E-state index < -0.39 is 0 Å². The smallest absolute Gasteiger partial charge is 0.323 e. The minimum atomic E-state index is -0.183. The Balaban J connectivity index is 1.68. The Morgan fingerprint density at radius 1 is 1.18 bits per heavy atom. The maximum Gasteiger partial charge on any atom is 0.323 e. The average molecular weight is 476 g/mol. The van der Waals surface area contributed by atoms with Crippen LogP contribution < -0.4 is 5.32 Å². The van der Waals surface area contributed by atoms with Gasteiger partial charge >= 0.3 is 6.03 Å². The van der Waals surface area contributed by atoms with Crippen LogP contribution in [0.15, 0.2) is 36.4 Å². The van der Waals surface area contributed by atoms with Crippen LogP contribution in [0.4, 0.5) is 9.93 Å². The molecule has 1 aliphatic rings. The molecule has 0 saturated carbocycles. The second kappa shape index (κ2) is 9.53. The molecule has 1 aromatic carbocycles. The van der Waals surface area contributed by atoms with Crippen molar-refractivity contribution in [3.05, 3.63) is 53.3 Å². The number of ether oxygens (including phenoxy) is 1. The number of benzene rings is 1. The molecule has 8 heteroatoms. The number of nitriles is 1. The number of hydrogen-bond acceptors (Lipinski definition) is 6. The Bertz CT molecular complexity index is 1230. The van der Waals surface area contributed by atoms with Crippen molar-refractivity contribution in [2.75, 3.05) is 25.0 Å². The predicted octanol–water partition coefficient (Wildman–Crippen LogP) is 5.64. The number of pyridine rings is 1. The lowest BCUT2D eigenvalue weighted by Gasteiger charge is -2.39. The second-order valence-corrected chi connectivity index (χ2v) is 10.6. The van der Waals surface area contributed by atoms with Crippen LogP contribution in [-0.2, 0) is 4.74 Å². The topological polar surface area (TPSA) is 91.1 Å². The molecule has 0 spiro atoms. The Morgan fingerprint density at radius 3 is 2.59 bits per heavy atom. The number of thiazole rings is 1. The summed E-state index contributed by atoms with van der Waals surface area (Å²) >= 11 is 1.43. The highest BCUT2D eigenvalue weighted by molar-refractivity contribution is 7.19. The summed E-state index contributed by atoms with van der Waals surface area (Å²) in [6.45, 7) is 11.9. The molecule has 0 bridgehead atoms. The van der Waals surface area contributed by atoms with E-state index in [2.05, 4.69) is 37.1 Å². The Labute approximate surface area is 204 Å². The van der Waals surface area contributed by atoms with Crippen LogP contribution >= 0.6 is 11.3 Å². The third-order valence-corrected chi connectivity index (χ3v) is 6.79. The molecule has 3 heterocycles. The number of aromatic nitrogens is 2. The molecule has 4 rings (SSSR count). The van der Waals surface area contributed by atoms with Gasteiger partial charge in [-0.3, -0.25) is 10.3 Å². The monoisotopic (exact) mass is 475 g/mol.